The summed E-state index contributed by atoms with van der Waals surface area (Å²) in [6.45, 7) is 0. The van der Waals surface area contributed by atoms with Crippen molar-refractivity contribution < 1.29 is 18.3 Å². The van der Waals surface area contributed by atoms with Gasteiger partial charge in [-0.15, -0.1) is 0 Å². The van der Waals surface area contributed by atoms with Crippen molar-refractivity contribution in [3.8, 4) is 0 Å². The Kier molecular flexibility index (Phi) is 1.88. The van der Waals surface area contributed by atoms with Gasteiger partial charge in [0, 0.05) is 12.5 Å². The Hall–Kier alpha value is -0.290. The zero-order valence-electron chi connectivity index (χ0n) is 5.86. The molecule has 0 amide bonds. The predicted octanol–water partition coefficient (Wildman–Crippen LogP) is 0.791. The average Bonchev–Trinajstić information content (AvgIpc) is 2.10. The third-order valence-electron chi connectivity index (χ3n) is 2.06. The molecule has 0 aromatic carbocycles. The summed E-state index contributed by atoms with van der Waals surface area (Å²) < 4.78 is 36.0. The van der Waals surface area contributed by atoms with Crippen LogP contribution in [0.5, 0.6) is 0 Å². The summed E-state index contributed by atoms with van der Waals surface area (Å²) in [7, 11) is 0. The van der Waals surface area contributed by atoms with Gasteiger partial charge >= 0.3 is 6.18 Å². The molecule has 1 aliphatic carbocycles. The molecule has 1 fully saturated rings. The second kappa shape index (κ2) is 2.35. The lowest BCUT2D eigenvalue weighted by molar-refractivity contribution is -0.257. The van der Waals surface area contributed by atoms with Crippen molar-refractivity contribution in [1.82, 2.24) is 0 Å². The average molecular weight is 169 g/mol. The second-order valence-electron chi connectivity index (χ2n) is 3.03. The maximum absolute atomic E-state index is 12.0. The van der Waals surface area contributed by atoms with Gasteiger partial charge in [-0.3, -0.25) is 0 Å². The van der Waals surface area contributed by atoms with Gasteiger partial charge in [0.25, 0.3) is 0 Å². The highest BCUT2D eigenvalue weighted by atomic mass is 19.4. The Morgan fingerprint density at radius 2 is 2.00 bits per heavy atom. The highest BCUT2D eigenvalue weighted by molar-refractivity contribution is 4.96. The van der Waals surface area contributed by atoms with Crippen LogP contribution in [0.2, 0.25) is 0 Å². The smallest absolute Gasteiger partial charge is 0.380 e. The number of alkyl halides is 3. The maximum Gasteiger partial charge on any atom is 0.417 e. The molecule has 0 spiro atoms. The molecular formula is C6H10F3NO. The monoisotopic (exact) mass is 169 g/mol. The molecule has 0 bridgehead atoms. The normalized spacial score (nSPS) is 39.5. The molecule has 2 nitrogen and oxygen atoms in total. The lowest BCUT2D eigenvalue weighted by atomic mass is 10.0. The molecule has 1 rings (SSSR count). The van der Waals surface area contributed by atoms with Crippen molar-refractivity contribution in [1.29, 1.82) is 0 Å². The van der Waals surface area contributed by atoms with Gasteiger partial charge in [-0.05, 0) is 12.8 Å². The summed E-state index contributed by atoms with van der Waals surface area (Å²) in [4.78, 5) is 0. The van der Waals surface area contributed by atoms with Gasteiger partial charge in [-0.25, -0.2) is 0 Å². The van der Waals surface area contributed by atoms with E-state index >= 15 is 0 Å². The first-order valence-corrected chi connectivity index (χ1v) is 3.40. The van der Waals surface area contributed by atoms with Crippen LogP contribution >= 0.6 is 0 Å². The summed E-state index contributed by atoms with van der Waals surface area (Å²) >= 11 is 0. The topological polar surface area (TPSA) is 46.2 Å². The fraction of sp³-hybridized carbons (Fsp3) is 1.00. The summed E-state index contributed by atoms with van der Waals surface area (Å²) in [6, 6.07) is -0.512. The molecular weight excluding hydrogens is 159 g/mol. The van der Waals surface area contributed by atoms with Gasteiger partial charge < -0.3 is 10.8 Å². The van der Waals surface area contributed by atoms with Crippen molar-refractivity contribution in [2.24, 2.45) is 5.73 Å². The van der Waals surface area contributed by atoms with E-state index in [0.717, 1.165) is 0 Å². The summed E-state index contributed by atoms with van der Waals surface area (Å²) in [5.74, 6) is 0. The van der Waals surface area contributed by atoms with Gasteiger partial charge in [0.05, 0.1) is 0 Å². The highest BCUT2D eigenvalue weighted by Gasteiger charge is 2.56. The molecule has 0 aromatic rings. The number of aliphatic hydroxyl groups is 1. The van der Waals surface area contributed by atoms with E-state index in [0.29, 0.717) is 0 Å². The van der Waals surface area contributed by atoms with E-state index in [1.807, 2.05) is 0 Å². The fourth-order valence-electron chi connectivity index (χ4n) is 1.32. The number of nitrogens with two attached hydrogens (primary N) is 1. The van der Waals surface area contributed by atoms with Crippen molar-refractivity contribution in [3.63, 3.8) is 0 Å². The third-order valence-corrected chi connectivity index (χ3v) is 2.06. The van der Waals surface area contributed by atoms with Crippen LogP contribution in [0, 0.1) is 0 Å². The Labute approximate surface area is 62.2 Å². The first-order valence-electron chi connectivity index (χ1n) is 3.40. The minimum atomic E-state index is -4.53. The Morgan fingerprint density at radius 3 is 2.18 bits per heavy atom. The van der Waals surface area contributed by atoms with E-state index < -0.39 is 17.8 Å². The lowest BCUT2D eigenvalue weighted by Crippen LogP contribution is -2.43. The lowest BCUT2D eigenvalue weighted by Gasteiger charge is -2.25. The predicted molar refractivity (Wildman–Crippen MR) is 32.8 cm³/mol. The molecule has 1 aliphatic rings. The van der Waals surface area contributed by atoms with Gasteiger partial charge in [-0.1, -0.05) is 0 Å². The minimum absolute atomic E-state index is 0.246. The summed E-state index contributed by atoms with van der Waals surface area (Å²) in [5, 5.41) is 8.99. The number of hydrogen-bond donors (Lipinski definition) is 2. The largest absolute Gasteiger partial charge is 0.417 e. The highest BCUT2D eigenvalue weighted by Crippen LogP contribution is 2.42. The number of halogens is 3. The van der Waals surface area contributed by atoms with Crippen LogP contribution in [0.15, 0.2) is 0 Å². The SMILES string of the molecule is N[C@@H]1CC[C@@](O)(C(F)(F)F)C1. The molecule has 66 valence electrons. The molecule has 1 saturated carbocycles. The van der Waals surface area contributed by atoms with Crippen molar-refractivity contribution >= 4 is 0 Å². The standard InChI is InChI=1S/C6H10F3NO/c7-6(8,9)5(11)2-1-4(10)3-5/h4,11H,1-3,10H2/t4-,5+/m1/s1. The van der Waals surface area contributed by atoms with Crippen LogP contribution in [0.25, 0.3) is 0 Å². The second-order valence-corrected chi connectivity index (χ2v) is 3.03. The van der Waals surface area contributed by atoms with Gasteiger partial charge in [0.2, 0.25) is 0 Å². The first-order chi connectivity index (χ1) is 4.85. The molecule has 0 radical (unpaired) electrons. The number of rotatable bonds is 0. The summed E-state index contributed by atoms with van der Waals surface area (Å²) in [6.07, 6.45) is -4.91. The quantitative estimate of drug-likeness (QED) is 0.563. The van der Waals surface area contributed by atoms with Gasteiger partial charge in [0.1, 0.15) is 0 Å². The van der Waals surface area contributed by atoms with Crippen LogP contribution in [0.3, 0.4) is 0 Å². The van der Waals surface area contributed by atoms with Crippen LogP contribution in [0.4, 0.5) is 13.2 Å². The zero-order chi connectivity index (χ0) is 8.70. The molecule has 0 unspecified atom stereocenters. The minimum Gasteiger partial charge on any atom is -0.380 e. The Balaban J connectivity index is 2.69. The number of hydrogen-bond acceptors (Lipinski definition) is 2. The van der Waals surface area contributed by atoms with E-state index in [4.69, 9.17) is 10.8 Å². The molecule has 5 heteroatoms. The van der Waals surface area contributed by atoms with Crippen LogP contribution in [0.1, 0.15) is 19.3 Å². The van der Waals surface area contributed by atoms with E-state index in [-0.39, 0.29) is 19.3 Å². The molecule has 2 atom stereocenters. The van der Waals surface area contributed by atoms with Crippen LogP contribution in [-0.2, 0) is 0 Å². The molecule has 0 heterocycles. The Bertz CT molecular complexity index is 158. The summed E-state index contributed by atoms with van der Waals surface area (Å²) in [5.41, 5.74) is 2.73. The maximum atomic E-state index is 12.0. The van der Waals surface area contributed by atoms with Crippen molar-refractivity contribution in [2.45, 2.75) is 37.1 Å². The molecule has 0 saturated heterocycles. The van der Waals surface area contributed by atoms with Crippen molar-refractivity contribution in [3.05, 3.63) is 0 Å². The molecule has 0 aliphatic heterocycles. The van der Waals surface area contributed by atoms with Crippen LogP contribution < -0.4 is 5.73 Å². The van der Waals surface area contributed by atoms with E-state index in [2.05, 4.69) is 0 Å². The molecule has 3 N–H and O–H groups in total. The van der Waals surface area contributed by atoms with E-state index in [1.54, 1.807) is 0 Å². The van der Waals surface area contributed by atoms with Gasteiger partial charge in [-0.2, -0.15) is 13.2 Å². The van der Waals surface area contributed by atoms with Gasteiger partial charge in [0.15, 0.2) is 5.60 Å². The fourth-order valence-corrected chi connectivity index (χ4v) is 1.32. The third kappa shape index (κ3) is 1.49. The first kappa shape index (κ1) is 8.80. The van der Waals surface area contributed by atoms with E-state index in [9.17, 15) is 13.2 Å². The van der Waals surface area contributed by atoms with E-state index in [1.165, 1.54) is 0 Å². The molecule has 11 heavy (non-hydrogen) atoms. The Morgan fingerprint density at radius 1 is 1.45 bits per heavy atom. The molecule has 0 aromatic heterocycles. The van der Waals surface area contributed by atoms with Crippen molar-refractivity contribution in [2.75, 3.05) is 0 Å². The zero-order valence-corrected chi connectivity index (χ0v) is 5.86. The van der Waals surface area contributed by atoms with Crippen LogP contribution in [-0.4, -0.2) is 22.9 Å².